The number of imidazole rings is 1. The molecule has 15 heavy (non-hydrogen) atoms. The molecule has 1 aliphatic rings. The van der Waals surface area contributed by atoms with Crippen LogP contribution in [0.2, 0.25) is 0 Å². The van der Waals surface area contributed by atoms with Crippen LogP contribution in [0.3, 0.4) is 0 Å². The normalized spacial score (nSPS) is 14.2. The quantitative estimate of drug-likeness (QED) is 0.693. The maximum atomic E-state index is 12.7. The van der Waals surface area contributed by atoms with E-state index in [0.29, 0.717) is 0 Å². The van der Waals surface area contributed by atoms with Gasteiger partial charge in [0.2, 0.25) is 0 Å². The van der Waals surface area contributed by atoms with Crippen LogP contribution in [-0.2, 0) is 13.0 Å². The van der Waals surface area contributed by atoms with Gasteiger partial charge in [-0.1, -0.05) is 0 Å². The van der Waals surface area contributed by atoms with Gasteiger partial charge in [-0.25, -0.2) is 9.37 Å². The molecule has 0 spiro atoms. The summed E-state index contributed by atoms with van der Waals surface area (Å²) in [6.07, 6.45) is 5.39. The highest BCUT2D eigenvalue weighted by Gasteiger charge is 2.14. The van der Waals surface area contributed by atoms with Crippen LogP contribution in [0.15, 0.2) is 24.3 Å². The first-order valence-corrected chi connectivity index (χ1v) is 5.07. The van der Waals surface area contributed by atoms with Crippen LogP contribution in [0.4, 0.5) is 4.39 Å². The second-order valence-corrected chi connectivity index (χ2v) is 3.75. The smallest absolute Gasteiger partial charge is 0.123 e. The molecule has 0 saturated heterocycles. The lowest BCUT2D eigenvalue weighted by Gasteiger charge is -1.95. The summed E-state index contributed by atoms with van der Waals surface area (Å²) < 4.78 is 14.8. The molecule has 0 unspecified atom stereocenters. The Hall–Kier alpha value is -1.64. The zero-order valence-electron chi connectivity index (χ0n) is 8.20. The molecule has 1 aromatic carbocycles. The fourth-order valence-electron chi connectivity index (χ4n) is 1.91. The van der Waals surface area contributed by atoms with E-state index < -0.39 is 0 Å². The fraction of sp³-hybridized carbons (Fsp3) is 0.250. The minimum absolute atomic E-state index is 0.217. The second kappa shape index (κ2) is 3.19. The summed E-state index contributed by atoms with van der Waals surface area (Å²) in [6.45, 7) is 1.00. The first kappa shape index (κ1) is 8.65. The average Bonchev–Trinajstić information content (AvgIpc) is 2.78. The van der Waals surface area contributed by atoms with Gasteiger partial charge in [0, 0.05) is 18.5 Å². The molecule has 1 aromatic heterocycles. The number of aromatic nitrogens is 2. The third-order valence-electron chi connectivity index (χ3n) is 2.69. The molecule has 0 N–H and O–H groups in total. The largest absolute Gasteiger partial charge is 0.326 e. The molecular weight excluding hydrogens is 191 g/mol. The first-order chi connectivity index (χ1) is 7.33. The lowest BCUT2D eigenvalue weighted by molar-refractivity contribution is 0.628. The van der Waals surface area contributed by atoms with Gasteiger partial charge in [0.05, 0.1) is 11.9 Å². The standard InChI is InChI=1S/C12H10FN2/c13-10-5-3-9(4-6-10)11-8-15-7-1-2-12(15)14-11/h3-6H,1-2,7H2. The van der Waals surface area contributed by atoms with Crippen LogP contribution in [0.5, 0.6) is 0 Å². The molecule has 0 atom stereocenters. The Morgan fingerprint density at radius 1 is 1.27 bits per heavy atom. The summed E-state index contributed by atoms with van der Waals surface area (Å²) in [7, 11) is 0. The molecule has 3 rings (SSSR count). The molecule has 0 bridgehead atoms. The second-order valence-electron chi connectivity index (χ2n) is 3.75. The number of benzene rings is 1. The third kappa shape index (κ3) is 1.44. The SMILES string of the molecule is Fc1ccc(-c2[c]n3c(n2)CCC3)cc1. The summed E-state index contributed by atoms with van der Waals surface area (Å²) in [5, 5.41) is 0. The van der Waals surface area contributed by atoms with Crippen molar-refractivity contribution in [1.82, 2.24) is 9.55 Å². The number of nitrogens with zero attached hydrogens (tertiary/aromatic N) is 2. The molecule has 1 aliphatic heterocycles. The van der Waals surface area contributed by atoms with Crippen molar-refractivity contribution in [1.29, 1.82) is 0 Å². The Morgan fingerprint density at radius 2 is 2.07 bits per heavy atom. The molecule has 0 aliphatic carbocycles. The highest BCUT2D eigenvalue weighted by molar-refractivity contribution is 5.57. The number of rotatable bonds is 1. The topological polar surface area (TPSA) is 17.8 Å². The summed E-state index contributed by atoms with van der Waals surface area (Å²) in [5.74, 6) is 0.875. The van der Waals surface area contributed by atoms with Crippen LogP contribution in [0.25, 0.3) is 11.3 Å². The molecule has 2 nitrogen and oxygen atoms in total. The Morgan fingerprint density at radius 3 is 2.80 bits per heavy atom. The maximum absolute atomic E-state index is 12.7. The van der Waals surface area contributed by atoms with Gasteiger partial charge in [0.1, 0.15) is 11.6 Å². The van der Waals surface area contributed by atoms with Crippen LogP contribution < -0.4 is 0 Å². The van der Waals surface area contributed by atoms with Crippen LogP contribution >= 0.6 is 0 Å². The van der Waals surface area contributed by atoms with Gasteiger partial charge in [-0.05, 0) is 30.7 Å². The number of aryl methyl sites for hydroxylation is 2. The van der Waals surface area contributed by atoms with Crippen molar-refractivity contribution in [3.8, 4) is 11.3 Å². The lowest BCUT2D eigenvalue weighted by Crippen LogP contribution is -1.88. The molecule has 2 aromatic rings. The van der Waals surface area contributed by atoms with Crippen LogP contribution in [0.1, 0.15) is 12.2 Å². The molecule has 2 heterocycles. The lowest BCUT2D eigenvalue weighted by atomic mass is 10.2. The Labute approximate surface area is 87.4 Å². The van der Waals surface area contributed by atoms with E-state index in [2.05, 4.69) is 15.7 Å². The van der Waals surface area contributed by atoms with Gasteiger partial charge >= 0.3 is 0 Å². The molecular formula is C12H10FN2. The van der Waals surface area contributed by atoms with E-state index in [1.165, 1.54) is 12.1 Å². The number of halogens is 1. The van der Waals surface area contributed by atoms with Gasteiger partial charge in [-0.15, -0.1) is 0 Å². The fourth-order valence-corrected chi connectivity index (χ4v) is 1.91. The number of fused-ring (bicyclic) bond motifs is 1. The minimum atomic E-state index is -0.217. The van der Waals surface area contributed by atoms with Crippen molar-refractivity contribution in [3.05, 3.63) is 42.1 Å². The number of hydrogen-bond acceptors (Lipinski definition) is 1. The van der Waals surface area contributed by atoms with Crippen molar-refractivity contribution in [2.75, 3.05) is 0 Å². The first-order valence-electron chi connectivity index (χ1n) is 5.07. The van der Waals surface area contributed by atoms with Gasteiger partial charge in [0.15, 0.2) is 0 Å². The molecule has 1 radical (unpaired) electrons. The van der Waals surface area contributed by atoms with Crippen molar-refractivity contribution < 1.29 is 4.39 Å². The molecule has 3 heteroatoms. The van der Waals surface area contributed by atoms with Crippen molar-refractivity contribution in [2.24, 2.45) is 0 Å². The monoisotopic (exact) mass is 201 g/mol. The molecule has 0 fully saturated rings. The Balaban J connectivity index is 2.02. The van der Waals surface area contributed by atoms with Crippen LogP contribution in [0, 0.1) is 12.0 Å². The van der Waals surface area contributed by atoms with E-state index in [1.54, 1.807) is 12.1 Å². The van der Waals surface area contributed by atoms with Crippen molar-refractivity contribution >= 4 is 0 Å². The highest BCUT2D eigenvalue weighted by atomic mass is 19.1. The Kier molecular flexibility index (Phi) is 1.84. The third-order valence-corrected chi connectivity index (χ3v) is 2.69. The molecule has 0 saturated carbocycles. The van der Waals surface area contributed by atoms with E-state index in [9.17, 15) is 4.39 Å². The van der Waals surface area contributed by atoms with Crippen molar-refractivity contribution in [2.45, 2.75) is 19.4 Å². The van der Waals surface area contributed by atoms with Crippen molar-refractivity contribution in [3.63, 3.8) is 0 Å². The summed E-state index contributed by atoms with van der Waals surface area (Å²) >= 11 is 0. The van der Waals surface area contributed by atoms with Gasteiger partial charge < -0.3 is 4.57 Å². The Bertz CT molecular complexity index is 463. The summed E-state index contributed by atoms with van der Waals surface area (Å²) in [5.41, 5.74) is 1.75. The molecule has 0 amide bonds. The van der Waals surface area contributed by atoms with E-state index in [1.807, 2.05) is 0 Å². The van der Waals surface area contributed by atoms with Gasteiger partial charge in [-0.3, -0.25) is 0 Å². The molecule has 75 valence electrons. The zero-order valence-corrected chi connectivity index (χ0v) is 8.20. The average molecular weight is 201 g/mol. The van der Waals surface area contributed by atoms with E-state index in [0.717, 1.165) is 36.5 Å². The van der Waals surface area contributed by atoms with Crippen LogP contribution in [-0.4, -0.2) is 9.55 Å². The summed E-state index contributed by atoms with van der Waals surface area (Å²) in [6, 6.07) is 6.38. The van der Waals surface area contributed by atoms with E-state index in [4.69, 9.17) is 0 Å². The van der Waals surface area contributed by atoms with E-state index in [-0.39, 0.29) is 5.82 Å². The maximum Gasteiger partial charge on any atom is 0.123 e. The summed E-state index contributed by atoms with van der Waals surface area (Å²) in [4.78, 5) is 4.48. The zero-order chi connectivity index (χ0) is 10.3. The minimum Gasteiger partial charge on any atom is -0.326 e. The van der Waals surface area contributed by atoms with Gasteiger partial charge in [0.25, 0.3) is 0 Å². The van der Waals surface area contributed by atoms with Gasteiger partial charge in [-0.2, -0.15) is 0 Å². The highest BCUT2D eigenvalue weighted by Crippen LogP contribution is 2.22. The predicted molar refractivity (Wildman–Crippen MR) is 54.8 cm³/mol. The van der Waals surface area contributed by atoms with E-state index >= 15 is 0 Å². The predicted octanol–water partition coefficient (Wildman–Crippen LogP) is 2.44. The number of hydrogen-bond donors (Lipinski definition) is 0.